The fraction of sp³-hybridized carbons (Fsp3) is 0.158. The van der Waals surface area contributed by atoms with Gasteiger partial charge < -0.3 is 14.5 Å². The highest BCUT2D eigenvalue weighted by atomic mass is 79.9. The Bertz CT molecular complexity index is 1010. The summed E-state index contributed by atoms with van der Waals surface area (Å²) in [6.07, 6.45) is 0. The lowest BCUT2D eigenvalue weighted by Crippen LogP contribution is -2.39. The fourth-order valence-electron chi connectivity index (χ4n) is 2.29. The number of hydrogen-bond donors (Lipinski definition) is 1. The van der Waals surface area contributed by atoms with Gasteiger partial charge in [0, 0.05) is 4.47 Å². The number of esters is 1. The van der Waals surface area contributed by atoms with E-state index in [-0.39, 0.29) is 18.1 Å². The van der Waals surface area contributed by atoms with Crippen LogP contribution in [-0.4, -0.2) is 28.1 Å². The maximum Gasteiger partial charge on any atom is 0.328 e. The highest BCUT2D eigenvalue weighted by Crippen LogP contribution is 2.26. The third-order valence-electron chi connectivity index (χ3n) is 3.73. The van der Waals surface area contributed by atoms with Crippen LogP contribution in [0.4, 0.5) is 0 Å². The van der Waals surface area contributed by atoms with Crippen molar-refractivity contribution in [3.05, 3.63) is 69.5 Å². The van der Waals surface area contributed by atoms with E-state index in [1.54, 1.807) is 24.3 Å². The average Bonchev–Trinajstić information content (AvgIpc) is 3.15. The zero-order chi connectivity index (χ0) is 20.1. The Hall–Kier alpha value is -2.71. The van der Waals surface area contributed by atoms with Gasteiger partial charge in [-0.2, -0.15) is 0 Å². The van der Waals surface area contributed by atoms with Gasteiger partial charge in [-0.15, -0.1) is 10.2 Å². The number of nitrogens with zero attached hydrogens (tertiary/aromatic N) is 2. The second-order valence-corrected chi connectivity index (χ2v) is 7.03. The average molecular weight is 465 g/mol. The van der Waals surface area contributed by atoms with Crippen molar-refractivity contribution in [1.29, 1.82) is 0 Å². The van der Waals surface area contributed by atoms with Crippen molar-refractivity contribution in [3.8, 4) is 11.5 Å². The lowest BCUT2D eigenvalue weighted by molar-refractivity contribution is -0.147. The van der Waals surface area contributed by atoms with E-state index in [9.17, 15) is 9.59 Å². The van der Waals surface area contributed by atoms with Crippen LogP contribution in [0.1, 0.15) is 23.2 Å². The first-order chi connectivity index (χ1) is 13.5. The monoisotopic (exact) mass is 463 g/mol. The Morgan fingerprint density at radius 1 is 1.18 bits per heavy atom. The first-order valence-corrected chi connectivity index (χ1v) is 9.42. The molecule has 144 valence electrons. The summed E-state index contributed by atoms with van der Waals surface area (Å²) in [6.45, 7) is 1.31. The highest BCUT2D eigenvalue weighted by molar-refractivity contribution is 9.10. The van der Waals surface area contributed by atoms with Crippen molar-refractivity contribution in [2.24, 2.45) is 0 Å². The second-order valence-electron chi connectivity index (χ2n) is 5.76. The molecule has 0 bridgehead atoms. The standard InChI is InChI=1S/C19H15BrClN3O4/c1-11(22-17(25)13-7-3-5-9-15(13)21)19(26)27-10-16-23-24-18(28-16)12-6-2-4-8-14(12)20/h2-9,11H,10H2,1H3,(H,22,25)/t11-/m1/s1. The molecule has 0 unspecified atom stereocenters. The van der Waals surface area contributed by atoms with Crippen molar-refractivity contribution in [3.63, 3.8) is 0 Å². The molecule has 2 aromatic carbocycles. The van der Waals surface area contributed by atoms with Gasteiger partial charge in [0.15, 0.2) is 6.61 Å². The largest absolute Gasteiger partial charge is 0.454 e. The van der Waals surface area contributed by atoms with Crippen molar-refractivity contribution < 1.29 is 18.7 Å². The Labute approximate surface area is 174 Å². The lowest BCUT2D eigenvalue weighted by Gasteiger charge is -2.13. The molecule has 1 aromatic heterocycles. The molecule has 28 heavy (non-hydrogen) atoms. The molecule has 1 amide bonds. The van der Waals surface area contributed by atoms with Gasteiger partial charge in [-0.25, -0.2) is 4.79 Å². The molecular weight excluding hydrogens is 450 g/mol. The SMILES string of the molecule is C[C@@H](NC(=O)c1ccccc1Cl)C(=O)OCc1nnc(-c2ccccc2Br)o1. The quantitative estimate of drug-likeness (QED) is 0.554. The summed E-state index contributed by atoms with van der Waals surface area (Å²) < 4.78 is 11.5. The van der Waals surface area contributed by atoms with Crippen molar-refractivity contribution in [1.82, 2.24) is 15.5 Å². The molecule has 1 atom stereocenters. The Kier molecular flexibility index (Phi) is 6.43. The number of carbonyl (C=O) groups is 2. The third kappa shape index (κ3) is 4.76. The Morgan fingerprint density at radius 2 is 1.89 bits per heavy atom. The molecule has 3 rings (SSSR count). The molecule has 7 nitrogen and oxygen atoms in total. The van der Waals surface area contributed by atoms with E-state index >= 15 is 0 Å². The van der Waals surface area contributed by atoms with Crippen LogP contribution < -0.4 is 5.32 Å². The van der Waals surface area contributed by atoms with Crippen molar-refractivity contribution >= 4 is 39.4 Å². The van der Waals surface area contributed by atoms with Gasteiger partial charge in [-0.3, -0.25) is 4.79 Å². The number of ether oxygens (including phenoxy) is 1. The normalized spacial score (nSPS) is 11.7. The maximum atomic E-state index is 12.2. The van der Waals surface area contributed by atoms with Gasteiger partial charge in [0.25, 0.3) is 11.8 Å². The predicted molar refractivity (Wildman–Crippen MR) is 106 cm³/mol. The summed E-state index contributed by atoms with van der Waals surface area (Å²) in [6, 6.07) is 13.1. The molecule has 0 fully saturated rings. The second kappa shape index (κ2) is 8.99. The molecule has 0 aliphatic rings. The third-order valence-corrected chi connectivity index (χ3v) is 4.75. The maximum absolute atomic E-state index is 12.2. The zero-order valence-corrected chi connectivity index (χ0v) is 17.0. The fourth-order valence-corrected chi connectivity index (χ4v) is 2.97. The molecule has 0 spiro atoms. The molecule has 0 saturated carbocycles. The number of benzene rings is 2. The molecular formula is C19H15BrClN3O4. The van der Waals surface area contributed by atoms with Gasteiger partial charge in [0.05, 0.1) is 16.1 Å². The minimum Gasteiger partial charge on any atom is -0.454 e. The topological polar surface area (TPSA) is 94.3 Å². The number of hydrogen-bond acceptors (Lipinski definition) is 6. The van der Waals surface area contributed by atoms with E-state index in [1.165, 1.54) is 6.92 Å². The van der Waals surface area contributed by atoms with Crippen LogP contribution in [0.5, 0.6) is 0 Å². The van der Waals surface area contributed by atoms with E-state index < -0.39 is 17.9 Å². The molecule has 0 aliphatic carbocycles. The predicted octanol–water partition coefficient (Wildman–Crippen LogP) is 4.01. The van der Waals surface area contributed by atoms with Crippen LogP contribution in [0.2, 0.25) is 5.02 Å². The minimum atomic E-state index is -0.880. The molecule has 1 N–H and O–H groups in total. The highest BCUT2D eigenvalue weighted by Gasteiger charge is 2.20. The Balaban J connectivity index is 1.56. The summed E-state index contributed by atoms with van der Waals surface area (Å²) in [5.74, 6) is -0.660. The van der Waals surface area contributed by atoms with Crippen molar-refractivity contribution in [2.75, 3.05) is 0 Å². The van der Waals surface area contributed by atoms with Gasteiger partial charge >= 0.3 is 5.97 Å². The first kappa shape index (κ1) is 20.0. The summed E-state index contributed by atoms with van der Waals surface area (Å²) in [7, 11) is 0. The van der Waals surface area contributed by atoms with Crippen LogP contribution >= 0.6 is 27.5 Å². The number of carbonyl (C=O) groups excluding carboxylic acids is 2. The van der Waals surface area contributed by atoms with Crippen LogP contribution in [0.15, 0.2) is 57.4 Å². The summed E-state index contributed by atoms with van der Waals surface area (Å²) in [4.78, 5) is 24.3. The van der Waals surface area contributed by atoms with Gasteiger partial charge in [-0.1, -0.05) is 35.9 Å². The van der Waals surface area contributed by atoms with E-state index in [4.69, 9.17) is 20.8 Å². The van der Waals surface area contributed by atoms with Crippen LogP contribution in [0.3, 0.4) is 0 Å². The van der Waals surface area contributed by atoms with Crippen molar-refractivity contribution in [2.45, 2.75) is 19.6 Å². The van der Waals surface area contributed by atoms with E-state index in [1.807, 2.05) is 24.3 Å². The molecule has 9 heteroatoms. The number of amides is 1. The molecule has 1 heterocycles. The van der Waals surface area contributed by atoms with Gasteiger partial charge in [-0.05, 0) is 47.1 Å². The molecule has 3 aromatic rings. The first-order valence-electron chi connectivity index (χ1n) is 8.25. The van der Waals surface area contributed by atoms with E-state index in [0.29, 0.717) is 10.9 Å². The van der Waals surface area contributed by atoms with Crippen LogP contribution in [-0.2, 0) is 16.1 Å². The summed E-state index contributed by atoms with van der Waals surface area (Å²) in [5, 5.41) is 10.6. The number of halogens is 2. The molecule has 0 aliphatic heterocycles. The van der Waals surface area contributed by atoms with E-state index in [0.717, 1.165) is 10.0 Å². The van der Waals surface area contributed by atoms with Gasteiger partial charge in [0.2, 0.25) is 5.89 Å². The molecule has 0 radical (unpaired) electrons. The smallest absolute Gasteiger partial charge is 0.328 e. The minimum absolute atomic E-state index is 0.142. The number of aromatic nitrogens is 2. The zero-order valence-electron chi connectivity index (χ0n) is 14.7. The van der Waals surface area contributed by atoms with Crippen LogP contribution in [0, 0.1) is 0 Å². The summed E-state index contributed by atoms with van der Waals surface area (Å²) in [5.41, 5.74) is 1.01. The number of rotatable bonds is 6. The van der Waals surface area contributed by atoms with E-state index in [2.05, 4.69) is 31.4 Å². The van der Waals surface area contributed by atoms with Gasteiger partial charge in [0.1, 0.15) is 6.04 Å². The van der Waals surface area contributed by atoms with Crippen LogP contribution in [0.25, 0.3) is 11.5 Å². The number of nitrogens with one attached hydrogen (secondary N) is 1. The molecule has 0 saturated heterocycles. The Morgan fingerprint density at radius 3 is 2.64 bits per heavy atom. The lowest BCUT2D eigenvalue weighted by atomic mass is 10.2. The summed E-state index contributed by atoms with van der Waals surface area (Å²) >= 11 is 9.39.